The number of nitrogens with one attached hydrogen (secondary N) is 2. The molecule has 0 amide bonds. The van der Waals surface area contributed by atoms with Crippen LogP contribution in [0.4, 0.5) is 0 Å². The molecule has 0 bridgehead atoms. The molecule has 2 heterocycles. The van der Waals surface area contributed by atoms with Crippen LogP contribution in [0.2, 0.25) is 0 Å². The van der Waals surface area contributed by atoms with Crippen molar-refractivity contribution in [2.75, 3.05) is 13.1 Å². The summed E-state index contributed by atoms with van der Waals surface area (Å²) in [7, 11) is 0. The van der Waals surface area contributed by atoms with Crippen LogP contribution in [0.5, 0.6) is 0 Å². The summed E-state index contributed by atoms with van der Waals surface area (Å²) in [6.07, 6.45) is 2.70. The van der Waals surface area contributed by atoms with Gasteiger partial charge in [0.05, 0.1) is 0 Å². The topological polar surface area (TPSA) is 24.1 Å². The fourth-order valence-electron chi connectivity index (χ4n) is 2.16. The van der Waals surface area contributed by atoms with Crippen LogP contribution in [0.1, 0.15) is 33.6 Å². The molecule has 2 rings (SSSR count). The Morgan fingerprint density at radius 2 is 1.92 bits per heavy atom. The third-order valence-corrected chi connectivity index (χ3v) is 2.83. The fraction of sp³-hybridized carbons (Fsp3) is 1.00. The van der Waals surface area contributed by atoms with Crippen LogP contribution in [-0.2, 0) is 0 Å². The minimum absolute atomic E-state index is 0.729. The van der Waals surface area contributed by atoms with Gasteiger partial charge in [0.15, 0.2) is 0 Å². The van der Waals surface area contributed by atoms with Crippen molar-refractivity contribution >= 4 is 0 Å². The summed E-state index contributed by atoms with van der Waals surface area (Å²) < 4.78 is 0. The zero-order valence-electron chi connectivity index (χ0n) is 8.56. The third-order valence-electron chi connectivity index (χ3n) is 2.83. The van der Waals surface area contributed by atoms with E-state index in [1.807, 2.05) is 13.8 Å². The summed E-state index contributed by atoms with van der Waals surface area (Å²) in [4.78, 5) is 0. The molecule has 2 fully saturated rings. The predicted molar refractivity (Wildman–Crippen MR) is 53.3 cm³/mol. The van der Waals surface area contributed by atoms with Crippen molar-refractivity contribution < 1.29 is 0 Å². The second kappa shape index (κ2) is 4.83. The highest BCUT2D eigenvalue weighted by Crippen LogP contribution is 2.22. The minimum atomic E-state index is 0.729. The molecule has 2 aliphatic rings. The first kappa shape index (κ1) is 10.0. The summed E-state index contributed by atoms with van der Waals surface area (Å²) in [6, 6.07) is 1.56. The van der Waals surface area contributed by atoms with E-state index >= 15 is 0 Å². The van der Waals surface area contributed by atoms with Crippen LogP contribution in [0.15, 0.2) is 0 Å². The summed E-state index contributed by atoms with van der Waals surface area (Å²) in [5.74, 6) is 0.927. The average molecular weight is 170 g/mol. The van der Waals surface area contributed by atoms with Crippen molar-refractivity contribution in [3.8, 4) is 0 Å². The van der Waals surface area contributed by atoms with Gasteiger partial charge >= 0.3 is 0 Å². The van der Waals surface area contributed by atoms with Crippen molar-refractivity contribution in [1.29, 1.82) is 0 Å². The van der Waals surface area contributed by atoms with E-state index < -0.39 is 0 Å². The Balaban J connectivity index is 0.000000336. The van der Waals surface area contributed by atoms with Crippen LogP contribution < -0.4 is 10.6 Å². The van der Waals surface area contributed by atoms with Crippen molar-refractivity contribution in [3.05, 3.63) is 0 Å². The standard InChI is InChI=1S/C8H16N2.C2H6/c1-6-4-8-7(5-10-6)2-3-9-8;1-2/h6-10H,2-5H2,1H3;1-2H3. The molecule has 2 aliphatic heterocycles. The van der Waals surface area contributed by atoms with Crippen LogP contribution in [0, 0.1) is 5.92 Å². The van der Waals surface area contributed by atoms with E-state index in [1.54, 1.807) is 0 Å². The maximum Gasteiger partial charge on any atom is 0.0123 e. The molecular weight excluding hydrogens is 148 g/mol. The second-order valence-electron chi connectivity index (χ2n) is 3.65. The molecule has 2 heteroatoms. The molecule has 3 atom stereocenters. The van der Waals surface area contributed by atoms with Gasteiger partial charge in [-0.05, 0) is 38.8 Å². The number of hydrogen-bond acceptors (Lipinski definition) is 2. The van der Waals surface area contributed by atoms with Gasteiger partial charge in [0.25, 0.3) is 0 Å². The van der Waals surface area contributed by atoms with Crippen molar-refractivity contribution in [2.45, 2.75) is 45.7 Å². The highest BCUT2D eigenvalue weighted by molar-refractivity contribution is 4.91. The summed E-state index contributed by atoms with van der Waals surface area (Å²) in [5.41, 5.74) is 0. The van der Waals surface area contributed by atoms with Gasteiger partial charge < -0.3 is 10.6 Å². The van der Waals surface area contributed by atoms with E-state index in [-0.39, 0.29) is 0 Å². The lowest BCUT2D eigenvalue weighted by Crippen LogP contribution is -2.46. The summed E-state index contributed by atoms with van der Waals surface area (Å²) in [6.45, 7) is 8.75. The molecule has 0 aliphatic carbocycles. The van der Waals surface area contributed by atoms with E-state index in [9.17, 15) is 0 Å². The Morgan fingerprint density at radius 3 is 2.67 bits per heavy atom. The molecule has 3 unspecified atom stereocenters. The Morgan fingerprint density at radius 1 is 1.17 bits per heavy atom. The highest BCUT2D eigenvalue weighted by atomic mass is 15.0. The maximum absolute atomic E-state index is 3.55. The number of hydrogen-bond donors (Lipinski definition) is 2. The lowest BCUT2D eigenvalue weighted by atomic mass is 9.91. The van der Waals surface area contributed by atoms with Gasteiger partial charge in [-0.1, -0.05) is 13.8 Å². The van der Waals surface area contributed by atoms with Gasteiger partial charge in [-0.15, -0.1) is 0 Å². The molecule has 2 N–H and O–H groups in total. The maximum atomic E-state index is 3.55. The second-order valence-corrected chi connectivity index (χ2v) is 3.65. The summed E-state index contributed by atoms with van der Waals surface area (Å²) >= 11 is 0. The van der Waals surface area contributed by atoms with E-state index in [0.29, 0.717) is 0 Å². The van der Waals surface area contributed by atoms with Gasteiger partial charge in [0.1, 0.15) is 0 Å². The van der Waals surface area contributed by atoms with Crippen molar-refractivity contribution in [1.82, 2.24) is 10.6 Å². The Bertz CT molecular complexity index is 125. The first-order chi connectivity index (χ1) is 5.86. The first-order valence-electron chi connectivity index (χ1n) is 5.33. The van der Waals surface area contributed by atoms with Gasteiger partial charge in [-0.25, -0.2) is 0 Å². The van der Waals surface area contributed by atoms with Crippen LogP contribution >= 0.6 is 0 Å². The lowest BCUT2D eigenvalue weighted by molar-refractivity contribution is 0.293. The number of rotatable bonds is 0. The average Bonchev–Trinajstić information content (AvgIpc) is 2.54. The Labute approximate surface area is 76.1 Å². The van der Waals surface area contributed by atoms with Crippen molar-refractivity contribution in [2.24, 2.45) is 5.92 Å². The normalized spacial score (nSPS) is 39.8. The van der Waals surface area contributed by atoms with E-state index in [4.69, 9.17) is 0 Å². The smallest absolute Gasteiger partial charge is 0.0123 e. The molecule has 0 aromatic rings. The van der Waals surface area contributed by atoms with Gasteiger partial charge in [0, 0.05) is 12.1 Å². The minimum Gasteiger partial charge on any atom is -0.314 e. The molecule has 72 valence electrons. The van der Waals surface area contributed by atoms with E-state index in [0.717, 1.165) is 18.0 Å². The molecule has 2 saturated heterocycles. The molecule has 2 nitrogen and oxygen atoms in total. The van der Waals surface area contributed by atoms with Gasteiger partial charge in [0.2, 0.25) is 0 Å². The quantitative estimate of drug-likeness (QED) is 0.574. The molecule has 0 radical (unpaired) electrons. The SMILES string of the molecule is CC.CC1CC2NCCC2CN1. The zero-order chi connectivity index (χ0) is 8.97. The van der Waals surface area contributed by atoms with Crippen molar-refractivity contribution in [3.63, 3.8) is 0 Å². The molecule has 0 aromatic carbocycles. The lowest BCUT2D eigenvalue weighted by Gasteiger charge is -2.30. The zero-order valence-corrected chi connectivity index (χ0v) is 8.56. The molecule has 0 aromatic heterocycles. The van der Waals surface area contributed by atoms with Crippen LogP contribution in [0.3, 0.4) is 0 Å². The molecular formula is C10H22N2. The van der Waals surface area contributed by atoms with Crippen LogP contribution in [0.25, 0.3) is 0 Å². The first-order valence-corrected chi connectivity index (χ1v) is 5.33. The number of piperidine rings is 1. The largest absolute Gasteiger partial charge is 0.314 e. The monoisotopic (exact) mass is 170 g/mol. The molecule has 0 spiro atoms. The number of fused-ring (bicyclic) bond motifs is 1. The predicted octanol–water partition coefficient (Wildman–Crippen LogP) is 1.37. The van der Waals surface area contributed by atoms with E-state index in [2.05, 4.69) is 17.6 Å². The molecule has 12 heavy (non-hydrogen) atoms. The highest BCUT2D eigenvalue weighted by Gasteiger charge is 2.31. The van der Waals surface area contributed by atoms with Crippen LogP contribution in [-0.4, -0.2) is 25.2 Å². The van der Waals surface area contributed by atoms with Gasteiger partial charge in [-0.2, -0.15) is 0 Å². The Hall–Kier alpha value is -0.0800. The Kier molecular flexibility index (Phi) is 4.02. The van der Waals surface area contributed by atoms with Gasteiger partial charge in [-0.3, -0.25) is 0 Å². The summed E-state index contributed by atoms with van der Waals surface area (Å²) in [5, 5.41) is 7.06. The van der Waals surface area contributed by atoms with E-state index in [1.165, 1.54) is 25.9 Å². The fourth-order valence-corrected chi connectivity index (χ4v) is 2.16. The molecule has 0 saturated carbocycles. The third kappa shape index (κ3) is 2.20.